The van der Waals surface area contributed by atoms with Crippen LogP contribution < -0.4 is 0 Å². The molecule has 0 heterocycles. The minimum atomic E-state index is -4.06. The minimum Gasteiger partial charge on any atom is -0.170 e. The van der Waals surface area contributed by atoms with Gasteiger partial charge in [0.05, 0.1) is 0 Å². The van der Waals surface area contributed by atoms with E-state index < -0.39 is 11.4 Å². The molecule has 0 rings (SSSR count). The molecule has 4 heteroatoms. The lowest BCUT2D eigenvalue weighted by Gasteiger charge is -2.23. The lowest BCUT2D eigenvalue weighted by Crippen LogP contribution is -2.28. The van der Waals surface area contributed by atoms with Crippen LogP contribution >= 0.6 is 11.8 Å². The third-order valence-electron chi connectivity index (χ3n) is 1.49. The molecular formula is C9H17F3S. The molecule has 0 aromatic heterocycles. The summed E-state index contributed by atoms with van der Waals surface area (Å²) in [6.45, 7) is 7.23. The number of hydrogen-bond donors (Lipinski definition) is 0. The van der Waals surface area contributed by atoms with Crippen LogP contribution in [0.4, 0.5) is 13.2 Å². The van der Waals surface area contributed by atoms with Gasteiger partial charge in [-0.05, 0) is 17.6 Å². The zero-order valence-electron chi connectivity index (χ0n) is 8.48. The monoisotopic (exact) mass is 214 g/mol. The van der Waals surface area contributed by atoms with Gasteiger partial charge in [0.1, 0.15) is 5.25 Å². The fourth-order valence-electron chi connectivity index (χ4n) is 1.02. The van der Waals surface area contributed by atoms with Crippen molar-refractivity contribution >= 4 is 11.8 Å². The maximum atomic E-state index is 12.4. The Kier molecular flexibility index (Phi) is 5.18. The summed E-state index contributed by atoms with van der Waals surface area (Å²) >= 11 is 1.01. The Bertz CT molecular complexity index is 130. The van der Waals surface area contributed by atoms with E-state index in [-0.39, 0.29) is 17.6 Å². The second-order valence-corrected chi connectivity index (χ2v) is 5.63. The molecule has 0 N–H and O–H groups in total. The molecule has 80 valence electrons. The molecule has 1 unspecified atom stereocenters. The highest BCUT2D eigenvalue weighted by atomic mass is 32.2. The maximum Gasteiger partial charge on any atom is 0.400 e. The van der Waals surface area contributed by atoms with Gasteiger partial charge in [0.25, 0.3) is 0 Å². The van der Waals surface area contributed by atoms with Crippen LogP contribution in [0.2, 0.25) is 0 Å². The lowest BCUT2D eigenvalue weighted by atomic mass is 10.1. The van der Waals surface area contributed by atoms with Crippen LogP contribution in [-0.4, -0.2) is 16.7 Å². The topological polar surface area (TPSA) is 0 Å². The molecule has 0 saturated heterocycles. The van der Waals surface area contributed by atoms with Crippen molar-refractivity contribution in [3.63, 3.8) is 0 Å². The lowest BCUT2D eigenvalue weighted by molar-refractivity contribution is -0.131. The van der Waals surface area contributed by atoms with E-state index in [1.807, 2.05) is 13.8 Å². The third-order valence-corrected chi connectivity index (χ3v) is 2.82. The molecule has 0 aliphatic rings. The van der Waals surface area contributed by atoms with Crippen LogP contribution in [0.3, 0.4) is 0 Å². The number of rotatable bonds is 4. The molecule has 13 heavy (non-hydrogen) atoms. The zero-order valence-corrected chi connectivity index (χ0v) is 9.30. The highest BCUT2D eigenvalue weighted by molar-refractivity contribution is 8.00. The first-order chi connectivity index (χ1) is 5.73. The van der Waals surface area contributed by atoms with Crippen LogP contribution in [0.15, 0.2) is 0 Å². The van der Waals surface area contributed by atoms with E-state index in [4.69, 9.17) is 0 Å². The molecule has 0 bridgehead atoms. The SMILES string of the molecule is CC(C)CC(SC(C)C)C(F)(F)F. The molecule has 0 aromatic carbocycles. The van der Waals surface area contributed by atoms with Gasteiger partial charge in [0, 0.05) is 0 Å². The Hall–Kier alpha value is 0.140. The van der Waals surface area contributed by atoms with E-state index >= 15 is 0 Å². The standard InChI is InChI=1S/C9H17F3S/c1-6(2)5-8(9(10,11)12)13-7(3)4/h6-8H,5H2,1-4H3. The van der Waals surface area contributed by atoms with Crippen molar-refractivity contribution in [3.05, 3.63) is 0 Å². The Morgan fingerprint density at radius 1 is 1.08 bits per heavy atom. The summed E-state index contributed by atoms with van der Waals surface area (Å²) in [4.78, 5) is 0. The van der Waals surface area contributed by atoms with Gasteiger partial charge in [0.15, 0.2) is 0 Å². The second-order valence-electron chi connectivity index (χ2n) is 3.84. The Morgan fingerprint density at radius 3 is 1.77 bits per heavy atom. The smallest absolute Gasteiger partial charge is 0.170 e. The van der Waals surface area contributed by atoms with Gasteiger partial charge >= 0.3 is 6.18 Å². The summed E-state index contributed by atoms with van der Waals surface area (Å²) in [6.07, 6.45) is -3.84. The second kappa shape index (κ2) is 5.13. The Labute approximate surface area is 82.3 Å². The van der Waals surface area contributed by atoms with Gasteiger partial charge in [-0.25, -0.2) is 0 Å². The largest absolute Gasteiger partial charge is 0.400 e. The highest BCUT2D eigenvalue weighted by Crippen LogP contribution is 2.36. The molecule has 0 saturated carbocycles. The summed E-state index contributed by atoms with van der Waals surface area (Å²) in [7, 11) is 0. The summed E-state index contributed by atoms with van der Waals surface area (Å²) in [5, 5.41) is -1.17. The summed E-state index contributed by atoms with van der Waals surface area (Å²) < 4.78 is 37.3. The van der Waals surface area contributed by atoms with Crippen molar-refractivity contribution in [2.45, 2.75) is 50.8 Å². The van der Waals surface area contributed by atoms with E-state index in [0.29, 0.717) is 0 Å². The third kappa shape index (κ3) is 6.24. The molecule has 0 aliphatic heterocycles. The molecular weight excluding hydrogens is 197 g/mol. The molecule has 0 spiro atoms. The fraction of sp³-hybridized carbons (Fsp3) is 1.00. The van der Waals surface area contributed by atoms with Crippen molar-refractivity contribution in [2.75, 3.05) is 0 Å². The van der Waals surface area contributed by atoms with Crippen molar-refractivity contribution in [1.29, 1.82) is 0 Å². The van der Waals surface area contributed by atoms with Crippen LogP contribution in [0.1, 0.15) is 34.1 Å². The molecule has 1 atom stereocenters. The van der Waals surface area contributed by atoms with Crippen LogP contribution in [0, 0.1) is 5.92 Å². The quantitative estimate of drug-likeness (QED) is 0.678. The van der Waals surface area contributed by atoms with Gasteiger partial charge in [-0.3, -0.25) is 0 Å². The normalized spacial score (nSPS) is 15.5. The molecule has 0 fully saturated rings. The average Bonchev–Trinajstić information content (AvgIpc) is 1.81. The number of hydrogen-bond acceptors (Lipinski definition) is 1. The van der Waals surface area contributed by atoms with Gasteiger partial charge < -0.3 is 0 Å². The minimum absolute atomic E-state index is 0.0328. The van der Waals surface area contributed by atoms with Crippen LogP contribution in [0.5, 0.6) is 0 Å². The first-order valence-corrected chi connectivity index (χ1v) is 5.40. The van der Waals surface area contributed by atoms with Gasteiger partial charge in [-0.15, -0.1) is 11.8 Å². The first kappa shape index (κ1) is 13.1. The maximum absolute atomic E-state index is 12.4. The number of thioether (sulfide) groups is 1. The van der Waals surface area contributed by atoms with Crippen LogP contribution in [0.25, 0.3) is 0 Å². The summed E-state index contributed by atoms with van der Waals surface area (Å²) in [5.74, 6) is 0.0953. The van der Waals surface area contributed by atoms with Crippen molar-refractivity contribution in [2.24, 2.45) is 5.92 Å². The molecule has 0 radical (unpaired) electrons. The van der Waals surface area contributed by atoms with Gasteiger partial charge in [-0.1, -0.05) is 27.7 Å². The Balaban J connectivity index is 4.20. The van der Waals surface area contributed by atoms with Crippen molar-refractivity contribution in [1.82, 2.24) is 0 Å². The molecule has 0 aliphatic carbocycles. The van der Waals surface area contributed by atoms with Crippen LogP contribution in [-0.2, 0) is 0 Å². The van der Waals surface area contributed by atoms with E-state index in [0.717, 1.165) is 11.8 Å². The van der Waals surface area contributed by atoms with E-state index in [1.54, 1.807) is 13.8 Å². The molecule has 0 aromatic rings. The number of alkyl halides is 3. The van der Waals surface area contributed by atoms with E-state index in [9.17, 15) is 13.2 Å². The number of halogens is 3. The highest BCUT2D eigenvalue weighted by Gasteiger charge is 2.40. The average molecular weight is 214 g/mol. The van der Waals surface area contributed by atoms with Crippen molar-refractivity contribution < 1.29 is 13.2 Å². The van der Waals surface area contributed by atoms with Gasteiger partial charge in [-0.2, -0.15) is 13.2 Å². The molecule has 0 amide bonds. The molecule has 0 nitrogen and oxygen atoms in total. The predicted molar refractivity (Wildman–Crippen MR) is 52.0 cm³/mol. The van der Waals surface area contributed by atoms with Crippen molar-refractivity contribution in [3.8, 4) is 0 Å². The predicted octanol–water partition coefficient (Wildman–Crippen LogP) is 4.11. The van der Waals surface area contributed by atoms with E-state index in [2.05, 4.69) is 0 Å². The summed E-state index contributed by atoms with van der Waals surface area (Å²) in [6, 6.07) is 0. The Morgan fingerprint density at radius 2 is 1.54 bits per heavy atom. The van der Waals surface area contributed by atoms with Gasteiger partial charge in [0.2, 0.25) is 0 Å². The zero-order chi connectivity index (χ0) is 10.6. The summed E-state index contributed by atoms with van der Waals surface area (Å²) in [5.41, 5.74) is 0. The van der Waals surface area contributed by atoms with E-state index in [1.165, 1.54) is 0 Å². The first-order valence-electron chi connectivity index (χ1n) is 4.45. The fourth-order valence-corrected chi connectivity index (χ4v) is 2.33.